The van der Waals surface area contributed by atoms with Crippen LogP contribution in [-0.4, -0.2) is 25.2 Å². The number of carbonyl (C=O) groups is 2. The van der Waals surface area contributed by atoms with Crippen LogP contribution in [0.5, 0.6) is 5.75 Å². The van der Waals surface area contributed by atoms with Crippen LogP contribution in [0.25, 0.3) is 0 Å². The highest BCUT2D eigenvalue weighted by Crippen LogP contribution is 2.26. The largest absolute Gasteiger partial charge is 0.463 e. The van der Waals surface area contributed by atoms with Crippen LogP contribution >= 0.6 is 15.9 Å². The molecule has 108 valence electrons. The quantitative estimate of drug-likeness (QED) is 0.452. The Morgan fingerprint density at radius 1 is 1.15 bits per heavy atom. The Bertz CT molecular complexity index is 510. The van der Waals surface area contributed by atoms with Crippen molar-refractivity contribution in [1.82, 2.24) is 0 Å². The lowest BCUT2D eigenvalue weighted by Gasteiger charge is -2.10. The number of hydrogen-bond donors (Lipinski definition) is 0. The van der Waals surface area contributed by atoms with Crippen molar-refractivity contribution in [2.75, 3.05) is 13.2 Å². The molecule has 0 aromatic heterocycles. The Kier molecular flexibility index (Phi) is 6.79. The number of benzene rings is 1. The highest BCUT2D eigenvalue weighted by Gasteiger charge is 2.17. The van der Waals surface area contributed by atoms with E-state index in [0.717, 1.165) is 6.08 Å². The third kappa shape index (κ3) is 5.05. The minimum atomic E-state index is -0.726. The number of halogens is 1. The summed E-state index contributed by atoms with van der Waals surface area (Å²) in [6.07, 6.45) is 0.973. The van der Waals surface area contributed by atoms with Gasteiger partial charge in [0.1, 0.15) is 5.75 Å². The van der Waals surface area contributed by atoms with Gasteiger partial charge in [-0.1, -0.05) is 12.1 Å². The summed E-state index contributed by atoms with van der Waals surface area (Å²) >= 11 is 3.29. The van der Waals surface area contributed by atoms with Gasteiger partial charge in [-0.05, 0) is 41.9 Å². The van der Waals surface area contributed by atoms with Crippen LogP contribution in [0.3, 0.4) is 0 Å². The predicted molar refractivity (Wildman–Crippen MR) is 76.1 cm³/mol. The highest BCUT2D eigenvalue weighted by atomic mass is 79.9. The zero-order valence-corrected chi connectivity index (χ0v) is 12.8. The Morgan fingerprint density at radius 2 is 1.80 bits per heavy atom. The van der Waals surface area contributed by atoms with E-state index in [0.29, 0.717) is 10.2 Å². The second-order valence-electron chi connectivity index (χ2n) is 3.51. The van der Waals surface area contributed by atoms with Crippen LogP contribution in [0.2, 0.25) is 0 Å². The monoisotopic (exact) mass is 342 g/mol. The SMILES string of the molecule is CCOC(=O)C=C(Oc1ccccc1Br)C(=O)OCC. The van der Waals surface area contributed by atoms with Crippen molar-refractivity contribution in [2.45, 2.75) is 13.8 Å². The van der Waals surface area contributed by atoms with Crippen molar-refractivity contribution in [3.05, 3.63) is 40.6 Å². The molecule has 0 atom stereocenters. The lowest BCUT2D eigenvalue weighted by Crippen LogP contribution is -2.15. The van der Waals surface area contributed by atoms with Gasteiger partial charge in [-0.15, -0.1) is 0 Å². The van der Waals surface area contributed by atoms with Crippen LogP contribution in [0.1, 0.15) is 13.8 Å². The second kappa shape index (κ2) is 8.37. The predicted octanol–water partition coefficient (Wildman–Crippen LogP) is 2.84. The van der Waals surface area contributed by atoms with Crippen LogP contribution in [-0.2, 0) is 19.1 Å². The fourth-order valence-corrected chi connectivity index (χ4v) is 1.63. The second-order valence-corrected chi connectivity index (χ2v) is 4.37. The fraction of sp³-hybridized carbons (Fsp3) is 0.286. The summed E-state index contributed by atoms with van der Waals surface area (Å²) in [5.74, 6) is -1.22. The van der Waals surface area contributed by atoms with Crippen molar-refractivity contribution in [2.24, 2.45) is 0 Å². The fourth-order valence-electron chi connectivity index (χ4n) is 1.27. The molecule has 0 aliphatic heterocycles. The van der Waals surface area contributed by atoms with Crippen LogP contribution in [0, 0.1) is 0 Å². The zero-order valence-electron chi connectivity index (χ0n) is 11.2. The van der Waals surface area contributed by atoms with E-state index in [1.54, 1.807) is 38.1 Å². The molecule has 0 N–H and O–H groups in total. The van der Waals surface area contributed by atoms with Gasteiger partial charge in [-0.25, -0.2) is 9.59 Å². The number of hydrogen-bond acceptors (Lipinski definition) is 5. The van der Waals surface area contributed by atoms with E-state index >= 15 is 0 Å². The average molecular weight is 343 g/mol. The summed E-state index contributed by atoms with van der Waals surface area (Å²) in [7, 11) is 0. The van der Waals surface area contributed by atoms with Crippen molar-refractivity contribution in [1.29, 1.82) is 0 Å². The number of esters is 2. The molecule has 1 aromatic carbocycles. The molecule has 0 aliphatic rings. The molecule has 0 saturated heterocycles. The van der Waals surface area contributed by atoms with Gasteiger partial charge >= 0.3 is 11.9 Å². The van der Waals surface area contributed by atoms with Crippen molar-refractivity contribution >= 4 is 27.9 Å². The van der Waals surface area contributed by atoms with Crippen molar-refractivity contribution in [3.8, 4) is 5.75 Å². The molecule has 0 bridgehead atoms. The molecular formula is C14H15BrO5. The first-order valence-electron chi connectivity index (χ1n) is 6.06. The molecule has 20 heavy (non-hydrogen) atoms. The molecular weight excluding hydrogens is 328 g/mol. The summed E-state index contributed by atoms with van der Waals surface area (Å²) < 4.78 is 15.7. The van der Waals surface area contributed by atoms with E-state index < -0.39 is 11.9 Å². The van der Waals surface area contributed by atoms with E-state index in [-0.39, 0.29) is 19.0 Å². The van der Waals surface area contributed by atoms with Gasteiger partial charge < -0.3 is 14.2 Å². The molecule has 1 rings (SSSR count). The lowest BCUT2D eigenvalue weighted by molar-refractivity contribution is -0.143. The van der Waals surface area contributed by atoms with E-state index in [4.69, 9.17) is 14.2 Å². The summed E-state index contributed by atoms with van der Waals surface area (Å²) in [4.78, 5) is 23.2. The summed E-state index contributed by atoms with van der Waals surface area (Å²) in [5.41, 5.74) is 0. The smallest absolute Gasteiger partial charge is 0.374 e. The van der Waals surface area contributed by atoms with E-state index in [1.807, 2.05) is 0 Å². The van der Waals surface area contributed by atoms with Gasteiger partial charge in [-0.2, -0.15) is 0 Å². The Hall–Kier alpha value is -1.82. The molecule has 1 aromatic rings. The Labute approximate surface area is 125 Å². The lowest BCUT2D eigenvalue weighted by atomic mass is 10.3. The summed E-state index contributed by atoms with van der Waals surface area (Å²) in [5, 5.41) is 0. The zero-order chi connectivity index (χ0) is 15.0. The van der Waals surface area contributed by atoms with Crippen LogP contribution in [0.15, 0.2) is 40.6 Å². The maximum absolute atomic E-state index is 11.8. The van der Waals surface area contributed by atoms with E-state index in [9.17, 15) is 9.59 Å². The molecule has 0 radical (unpaired) electrons. The van der Waals surface area contributed by atoms with Crippen molar-refractivity contribution < 1.29 is 23.8 Å². The minimum Gasteiger partial charge on any atom is -0.463 e. The number of carbonyl (C=O) groups excluding carboxylic acids is 2. The van der Waals surface area contributed by atoms with E-state index in [1.165, 1.54) is 0 Å². The third-order valence-electron chi connectivity index (χ3n) is 2.07. The van der Waals surface area contributed by atoms with Crippen LogP contribution in [0.4, 0.5) is 0 Å². The van der Waals surface area contributed by atoms with Gasteiger partial charge in [0.05, 0.1) is 23.8 Å². The molecule has 0 fully saturated rings. The molecule has 0 amide bonds. The van der Waals surface area contributed by atoms with E-state index in [2.05, 4.69) is 15.9 Å². The topological polar surface area (TPSA) is 61.8 Å². The van der Waals surface area contributed by atoms with Gasteiger partial charge in [0.25, 0.3) is 0 Å². The standard InChI is InChI=1S/C14H15BrO5/c1-3-18-13(16)9-12(14(17)19-4-2)20-11-8-6-5-7-10(11)15/h5-9H,3-4H2,1-2H3. The highest BCUT2D eigenvalue weighted by molar-refractivity contribution is 9.10. The third-order valence-corrected chi connectivity index (χ3v) is 2.72. The number of para-hydroxylation sites is 1. The molecule has 0 heterocycles. The molecule has 6 heteroatoms. The molecule has 0 saturated carbocycles. The number of ether oxygens (including phenoxy) is 3. The normalized spacial score (nSPS) is 10.8. The van der Waals surface area contributed by atoms with Crippen LogP contribution < -0.4 is 4.74 Å². The molecule has 0 unspecified atom stereocenters. The molecule has 0 aliphatic carbocycles. The first kappa shape index (κ1) is 16.2. The molecule has 5 nitrogen and oxygen atoms in total. The van der Waals surface area contributed by atoms with Gasteiger partial charge in [0.2, 0.25) is 5.76 Å². The Balaban J connectivity index is 2.96. The van der Waals surface area contributed by atoms with Gasteiger partial charge in [0.15, 0.2) is 0 Å². The summed E-state index contributed by atoms with van der Waals surface area (Å²) in [6, 6.07) is 6.95. The molecule has 0 spiro atoms. The average Bonchev–Trinajstić information content (AvgIpc) is 2.41. The Morgan fingerprint density at radius 3 is 2.40 bits per heavy atom. The maximum atomic E-state index is 11.8. The number of rotatable bonds is 6. The van der Waals surface area contributed by atoms with Gasteiger partial charge in [0, 0.05) is 0 Å². The minimum absolute atomic E-state index is 0.179. The van der Waals surface area contributed by atoms with Crippen molar-refractivity contribution in [3.63, 3.8) is 0 Å². The first-order chi connectivity index (χ1) is 9.58. The van der Waals surface area contributed by atoms with Gasteiger partial charge in [-0.3, -0.25) is 0 Å². The first-order valence-corrected chi connectivity index (χ1v) is 6.85. The summed E-state index contributed by atoms with van der Waals surface area (Å²) in [6.45, 7) is 3.72. The maximum Gasteiger partial charge on any atom is 0.374 e.